The topological polar surface area (TPSA) is 37.3 Å². The van der Waals surface area contributed by atoms with Crippen molar-refractivity contribution in [2.45, 2.75) is 161 Å². The van der Waals surface area contributed by atoms with Gasteiger partial charge in [-0.3, -0.25) is 4.79 Å². The lowest BCUT2D eigenvalue weighted by molar-refractivity contribution is -0.137. The highest BCUT2D eigenvalue weighted by molar-refractivity contribution is 5.66. The van der Waals surface area contributed by atoms with Crippen LogP contribution in [0.15, 0.2) is 36.5 Å². The molecular formula is C32H58O2. The first-order valence-electron chi connectivity index (χ1n) is 14.9. The molecule has 2 heteroatoms. The molecule has 0 aliphatic carbocycles. The van der Waals surface area contributed by atoms with E-state index in [1.165, 1.54) is 122 Å². The Labute approximate surface area is 213 Å². The number of hydrogen-bond acceptors (Lipinski definition) is 1. The van der Waals surface area contributed by atoms with Crippen LogP contribution >= 0.6 is 0 Å². The molecule has 0 heterocycles. The van der Waals surface area contributed by atoms with Crippen molar-refractivity contribution in [1.29, 1.82) is 0 Å². The minimum absolute atomic E-state index is 0.339. The van der Waals surface area contributed by atoms with Crippen molar-refractivity contribution in [3.05, 3.63) is 36.5 Å². The fraction of sp³-hybridized carbons (Fsp3) is 0.781. The van der Waals surface area contributed by atoms with Crippen molar-refractivity contribution in [2.24, 2.45) is 0 Å². The molecule has 0 aromatic heterocycles. The van der Waals surface area contributed by atoms with E-state index < -0.39 is 5.97 Å². The first-order valence-corrected chi connectivity index (χ1v) is 14.9. The molecule has 2 nitrogen and oxygen atoms in total. The molecule has 0 atom stereocenters. The van der Waals surface area contributed by atoms with Gasteiger partial charge < -0.3 is 5.11 Å². The third-order valence-corrected chi connectivity index (χ3v) is 6.53. The molecule has 0 amide bonds. The van der Waals surface area contributed by atoms with E-state index in [0.29, 0.717) is 6.42 Å². The number of carbonyl (C=O) groups is 1. The summed E-state index contributed by atoms with van der Waals surface area (Å²) in [5.74, 6) is -0.655. The lowest BCUT2D eigenvalue weighted by atomic mass is 10.0. The van der Waals surface area contributed by atoms with Gasteiger partial charge in [0.05, 0.1) is 0 Å². The Kier molecular flexibility index (Phi) is 28.6. The molecule has 0 aliphatic rings. The Bertz CT molecular complexity index is 489. The van der Waals surface area contributed by atoms with Crippen LogP contribution in [0.4, 0.5) is 0 Å². The first kappa shape index (κ1) is 32.7. The highest BCUT2D eigenvalue weighted by atomic mass is 16.4. The van der Waals surface area contributed by atoms with Gasteiger partial charge in [-0.15, -0.1) is 0 Å². The first-order chi connectivity index (χ1) is 16.8. The monoisotopic (exact) mass is 474 g/mol. The minimum Gasteiger partial charge on any atom is -0.481 e. The quantitative estimate of drug-likeness (QED) is 0.0949. The zero-order chi connectivity index (χ0) is 24.8. The van der Waals surface area contributed by atoms with Gasteiger partial charge in [0, 0.05) is 6.42 Å². The van der Waals surface area contributed by atoms with E-state index in [-0.39, 0.29) is 0 Å². The zero-order valence-corrected chi connectivity index (χ0v) is 22.8. The summed E-state index contributed by atoms with van der Waals surface area (Å²) < 4.78 is 0. The largest absolute Gasteiger partial charge is 0.481 e. The number of carboxylic acids is 1. The van der Waals surface area contributed by atoms with Crippen LogP contribution in [0.1, 0.15) is 161 Å². The van der Waals surface area contributed by atoms with E-state index in [4.69, 9.17) is 5.11 Å². The average molecular weight is 475 g/mol. The second kappa shape index (κ2) is 29.7. The number of rotatable bonds is 27. The Balaban J connectivity index is 3.20. The Morgan fingerprint density at radius 2 is 0.794 bits per heavy atom. The van der Waals surface area contributed by atoms with Crippen LogP contribution in [0.25, 0.3) is 0 Å². The molecule has 34 heavy (non-hydrogen) atoms. The molecule has 0 saturated heterocycles. The fourth-order valence-corrected chi connectivity index (χ4v) is 4.30. The van der Waals surface area contributed by atoms with Crippen LogP contribution in [0.2, 0.25) is 0 Å². The SMILES string of the molecule is CCCCCCC/C=C\C/C=C\C/C=C\CCCCCCCCCCCCCCCCC(=O)O. The molecule has 0 aromatic carbocycles. The smallest absolute Gasteiger partial charge is 0.303 e. The molecule has 0 aromatic rings. The number of allylic oxidation sites excluding steroid dienone is 6. The van der Waals surface area contributed by atoms with Gasteiger partial charge in [-0.1, -0.05) is 146 Å². The highest BCUT2D eigenvalue weighted by Crippen LogP contribution is 2.14. The van der Waals surface area contributed by atoms with Gasteiger partial charge in [0.15, 0.2) is 0 Å². The molecule has 1 N–H and O–H groups in total. The van der Waals surface area contributed by atoms with E-state index in [9.17, 15) is 4.79 Å². The van der Waals surface area contributed by atoms with Gasteiger partial charge in [-0.25, -0.2) is 0 Å². The standard InChI is InChI=1S/C32H58O2/c1-2-3-4-5-6-7-8-9-10-11-12-13-14-15-16-17-18-19-20-21-22-23-24-25-26-27-28-29-30-31-32(33)34/h8-9,11-12,14-15H,2-7,10,13,16-31H2,1H3,(H,33,34)/b9-8-,12-11-,15-14-. The van der Waals surface area contributed by atoms with E-state index in [1.54, 1.807) is 0 Å². The van der Waals surface area contributed by atoms with Gasteiger partial charge >= 0.3 is 5.97 Å². The van der Waals surface area contributed by atoms with Crippen LogP contribution in [-0.4, -0.2) is 11.1 Å². The number of hydrogen-bond donors (Lipinski definition) is 1. The second-order valence-electron chi connectivity index (χ2n) is 9.97. The van der Waals surface area contributed by atoms with Crippen molar-refractivity contribution >= 4 is 5.97 Å². The summed E-state index contributed by atoms with van der Waals surface area (Å²) in [6.07, 6.45) is 44.0. The molecule has 0 fully saturated rings. The summed E-state index contributed by atoms with van der Waals surface area (Å²) in [6, 6.07) is 0. The Morgan fingerprint density at radius 3 is 1.18 bits per heavy atom. The van der Waals surface area contributed by atoms with Gasteiger partial charge in [-0.2, -0.15) is 0 Å². The van der Waals surface area contributed by atoms with Crippen LogP contribution in [0.3, 0.4) is 0 Å². The summed E-state index contributed by atoms with van der Waals surface area (Å²) in [7, 11) is 0. The Morgan fingerprint density at radius 1 is 0.471 bits per heavy atom. The third kappa shape index (κ3) is 30.7. The van der Waals surface area contributed by atoms with Crippen LogP contribution in [0.5, 0.6) is 0 Å². The van der Waals surface area contributed by atoms with Gasteiger partial charge in [0.2, 0.25) is 0 Å². The predicted octanol–water partition coefficient (Wildman–Crippen LogP) is 11.1. The third-order valence-electron chi connectivity index (χ3n) is 6.53. The normalized spacial score (nSPS) is 12.0. The zero-order valence-electron chi connectivity index (χ0n) is 22.8. The van der Waals surface area contributed by atoms with Crippen molar-refractivity contribution < 1.29 is 9.90 Å². The maximum absolute atomic E-state index is 10.4. The maximum Gasteiger partial charge on any atom is 0.303 e. The average Bonchev–Trinajstić information content (AvgIpc) is 2.83. The fourth-order valence-electron chi connectivity index (χ4n) is 4.30. The summed E-state index contributed by atoms with van der Waals surface area (Å²) in [4.78, 5) is 10.4. The maximum atomic E-state index is 10.4. The summed E-state index contributed by atoms with van der Waals surface area (Å²) in [6.45, 7) is 2.27. The highest BCUT2D eigenvalue weighted by Gasteiger charge is 1.97. The summed E-state index contributed by atoms with van der Waals surface area (Å²) in [5.41, 5.74) is 0. The molecule has 0 bridgehead atoms. The van der Waals surface area contributed by atoms with E-state index >= 15 is 0 Å². The van der Waals surface area contributed by atoms with E-state index in [2.05, 4.69) is 43.4 Å². The summed E-state index contributed by atoms with van der Waals surface area (Å²) >= 11 is 0. The predicted molar refractivity (Wildman–Crippen MR) is 152 cm³/mol. The van der Waals surface area contributed by atoms with Crippen LogP contribution < -0.4 is 0 Å². The van der Waals surface area contributed by atoms with Gasteiger partial charge in [-0.05, 0) is 44.9 Å². The second-order valence-corrected chi connectivity index (χ2v) is 9.97. The van der Waals surface area contributed by atoms with Crippen molar-refractivity contribution in [3.8, 4) is 0 Å². The van der Waals surface area contributed by atoms with Crippen molar-refractivity contribution in [3.63, 3.8) is 0 Å². The number of unbranched alkanes of at least 4 members (excludes halogenated alkanes) is 19. The lowest BCUT2D eigenvalue weighted by Gasteiger charge is -2.03. The number of carboxylic acid groups (broad SMARTS) is 1. The number of aliphatic carboxylic acids is 1. The molecule has 0 aliphatic heterocycles. The van der Waals surface area contributed by atoms with Crippen LogP contribution in [-0.2, 0) is 4.79 Å². The molecule has 0 unspecified atom stereocenters. The van der Waals surface area contributed by atoms with Crippen LogP contribution in [0, 0.1) is 0 Å². The van der Waals surface area contributed by atoms with E-state index in [1.807, 2.05) is 0 Å². The Hall–Kier alpha value is -1.31. The van der Waals surface area contributed by atoms with Gasteiger partial charge in [0.1, 0.15) is 0 Å². The molecule has 0 rings (SSSR count). The van der Waals surface area contributed by atoms with E-state index in [0.717, 1.165) is 25.7 Å². The molecule has 0 spiro atoms. The lowest BCUT2D eigenvalue weighted by Crippen LogP contribution is -1.93. The van der Waals surface area contributed by atoms with Crippen molar-refractivity contribution in [2.75, 3.05) is 0 Å². The molecule has 0 radical (unpaired) electrons. The summed E-state index contributed by atoms with van der Waals surface area (Å²) in [5, 5.41) is 8.61. The van der Waals surface area contributed by atoms with Gasteiger partial charge in [0.25, 0.3) is 0 Å². The molecule has 0 saturated carbocycles. The molecular weight excluding hydrogens is 416 g/mol. The molecule has 198 valence electrons. The van der Waals surface area contributed by atoms with Crippen molar-refractivity contribution in [1.82, 2.24) is 0 Å². The minimum atomic E-state index is -0.655.